The van der Waals surface area contributed by atoms with Crippen LogP contribution in [0, 0.1) is 0 Å². The molecule has 0 aliphatic carbocycles. The summed E-state index contributed by atoms with van der Waals surface area (Å²) in [4.78, 5) is 12.1. The molecular formula is C18H22Cl2N2O2. The number of carbonyl (C=O) groups is 1. The van der Waals surface area contributed by atoms with Gasteiger partial charge in [-0.25, -0.2) is 0 Å². The van der Waals surface area contributed by atoms with Crippen LogP contribution in [0.15, 0.2) is 48.5 Å². The van der Waals surface area contributed by atoms with Crippen LogP contribution in [0.2, 0.25) is 5.02 Å². The van der Waals surface area contributed by atoms with Crippen molar-refractivity contribution in [2.75, 3.05) is 13.1 Å². The molecule has 0 heterocycles. The van der Waals surface area contributed by atoms with Crippen LogP contribution in [0.3, 0.4) is 0 Å². The average Bonchev–Trinajstić information content (AvgIpc) is 2.57. The van der Waals surface area contributed by atoms with E-state index in [1.165, 1.54) is 0 Å². The van der Waals surface area contributed by atoms with Gasteiger partial charge >= 0.3 is 0 Å². The van der Waals surface area contributed by atoms with E-state index in [1.807, 2.05) is 36.4 Å². The number of nitrogens with one attached hydrogen (secondary N) is 1. The number of halogens is 2. The van der Waals surface area contributed by atoms with E-state index in [2.05, 4.69) is 5.32 Å². The monoisotopic (exact) mass is 368 g/mol. The van der Waals surface area contributed by atoms with E-state index < -0.39 is 0 Å². The van der Waals surface area contributed by atoms with E-state index >= 15 is 0 Å². The Labute approximate surface area is 153 Å². The molecule has 3 N–H and O–H groups in total. The number of amides is 1. The Morgan fingerprint density at radius 3 is 2.67 bits per heavy atom. The van der Waals surface area contributed by atoms with Gasteiger partial charge in [-0.05, 0) is 55.3 Å². The van der Waals surface area contributed by atoms with E-state index in [0.29, 0.717) is 36.0 Å². The fourth-order valence-electron chi connectivity index (χ4n) is 2.09. The smallest absolute Gasteiger partial charge is 0.251 e. The second-order valence-electron chi connectivity index (χ2n) is 5.20. The minimum atomic E-state index is -0.102. The van der Waals surface area contributed by atoms with E-state index in [1.54, 1.807) is 12.1 Å². The van der Waals surface area contributed by atoms with Gasteiger partial charge in [0.1, 0.15) is 12.4 Å². The van der Waals surface area contributed by atoms with Crippen molar-refractivity contribution in [3.05, 3.63) is 64.7 Å². The molecule has 1 amide bonds. The zero-order chi connectivity index (χ0) is 16.5. The van der Waals surface area contributed by atoms with Crippen molar-refractivity contribution < 1.29 is 9.53 Å². The second-order valence-corrected chi connectivity index (χ2v) is 5.63. The summed E-state index contributed by atoms with van der Waals surface area (Å²) in [6.45, 7) is 1.68. The number of unbranched alkanes of at least 4 members (excludes halogenated alkanes) is 1. The molecular weight excluding hydrogens is 347 g/mol. The predicted octanol–water partition coefficient (Wildman–Crippen LogP) is 3.81. The maximum atomic E-state index is 12.1. The van der Waals surface area contributed by atoms with Gasteiger partial charge in [0.25, 0.3) is 5.91 Å². The molecule has 0 aromatic heterocycles. The summed E-state index contributed by atoms with van der Waals surface area (Å²) in [6.07, 6.45) is 1.79. The van der Waals surface area contributed by atoms with E-state index in [4.69, 9.17) is 22.1 Å². The van der Waals surface area contributed by atoms with Crippen LogP contribution in [0.25, 0.3) is 0 Å². The zero-order valence-corrected chi connectivity index (χ0v) is 14.9. The number of hydrogen-bond donors (Lipinski definition) is 2. The third-order valence-electron chi connectivity index (χ3n) is 3.31. The number of nitrogens with two attached hydrogens (primary N) is 1. The Hall–Kier alpha value is -1.75. The van der Waals surface area contributed by atoms with Gasteiger partial charge in [-0.2, -0.15) is 0 Å². The van der Waals surface area contributed by atoms with Crippen LogP contribution in [-0.4, -0.2) is 19.0 Å². The Kier molecular flexibility index (Phi) is 9.23. The maximum absolute atomic E-state index is 12.1. The van der Waals surface area contributed by atoms with Gasteiger partial charge in [-0.1, -0.05) is 29.8 Å². The molecule has 0 fully saturated rings. The van der Waals surface area contributed by atoms with Crippen LogP contribution >= 0.6 is 24.0 Å². The first-order chi connectivity index (χ1) is 11.2. The number of ether oxygens (including phenoxy) is 1. The lowest BCUT2D eigenvalue weighted by molar-refractivity contribution is 0.0952. The van der Waals surface area contributed by atoms with Gasteiger partial charge in [-0.15, -0.1) is 12.4 Å². The Balaban J connectivity index is 0.00000288. The minimum absolute atomic E-state index is 0. The summed E-state index contributed by atoms with van der Waals surface area (Å²) in [7, 11) is 0. The van der Waals surface area contributed by atoms with Crippen molar-refractivity contribution in [2.24, 2.45) is 5.73 Å². The molecule has 130 valence electrons. The molecule has 24 heavy (non-hydrogen) atoms. The van der Waals surface area contributed by atoms with Crippen LogP contribution in [0.4, 0.5) is 0 Å². The number of hydrogen-bond acceptors (Lipinski definition) is 3. The van der Waals surface area contributed by atoms with E-state index in [9.17, 15) is 4.79 Å². The van der Waals surface area contributed by atoms with Gasteiger partial charge in [0.15, 0.2) is 0 Å². The first-order valence-electron chi connectivity index (χ1n) is 7.64. The molecule has 0 spiro atoms. The van der Waals surface area contributed by atoms with E-state index in [0.717, 1.165) is 18.4 Å². The Bertz CT molecular complexity index is 650. The first-order valence-corrected chi connectivity index (χ1v) is 8.02. The minimum Gasteiger partial charge on any atom is -0.489 e. The van der Waals surface area contributed by atoms with Crippen molar-refractivity contribution >= 4 is 29.9 Å². The molecule has 0 bridgehead atoms. The van der Waals surface area contributed by atoms with Crippen LogP contribution in [0.1, 0.15) is 28.8 Å². The summed E-state index contributed by atoms with van der Waals surface area (Å²) < 4.78 is 5.73. The molecule has 0 aliphatic rings. The lowest BCUT2D eigenvalue weighted by Crippen LogP contribution is -2.24. The van der Waals surface area contributed by atoms with Gasteiger partial charge < -0.3 is 15.8 Å². The fourth-order valence-corrected chi connectivity index (χ4v) is 2.31. The zero-order valence-electron chi connectivity index (χ0n) is 13.3. The fraction of sp³-hybridized carbons (Fsp3) is 0.278. The quantitative estimate of drug-likeness (QED) is 0.696. The molecule has 0 aliphatic heterocycles. The molecule has 0 saturated heterocycles. The molecule has 0 saturated carbocycles. The summed E-state index contributed by atoms with van der Waals surface area (Å²) in [6, 6.07) is 14.6. The molecule has 0 unspecified atom stereocenters. The highest BCUT2D eigenvalue weighted by Crippen LogP contribution is 2.17. The predicted molar refractivity (Wildman–Crippen MR) is 100 cm³/mol. The highest BCUT2D eigenvalue weighted by molar-refractivity contribution is 6.30. The highest BCUT2D eigenvalue weighted by Gasteiger charge is 2.06. The molecule has 2 rings (SSSR count). The lowest BCUT2D eigenvalue weighted by Gasteiger charge is -2.09. The summed E-state index contributed by atoms with van der Waals surface area (Å²) in [5, 5.41) is 3.55. The Morgan fingerprint density at radius 1 is 1.12 bits per heavy atom. The average molecular weight is 369 g/mol. The van der Waals surface area contributed by atoms with Crippen molar-refractivity contribution in [1.82, 2.24) is 5.32 Å². The number of benzene rings is 2. The summed E-state index contributed by atoms with van der Waals surface area (Å²) in [5.74, 6) is 0.551. The molecule has 2 aromatic rings. The van der Waals surface area contributed by atoms with Gasteiger partial charge in [0, 0.05) is 17.1 Å². The molecule has 4 nitrogen and oxygen atoms in total. The third-order valence-corrected chi connectivity index (χ3v) is 3.54. The first kappa shape index (κ1) is 20.3. The van der Waals surface area contributed by atoms with Gasteiger partial charge in [0.2, 0.25) is 0 Å². The molecule has 6 heteroatoms. The van der Waals surface area contributed by atoms with Crippen molar-refractivity contribution in [1.29, 1.82) is 0 Å². The molecule has 0 radical (unpaired) electrons. The van der Waals surface area contributed by atoms with Gasteiger partial charge in [0.05, 0.1) is 0 Å². The molecule has 0 atom stereocenters. The van der Waals surface area contributed by atoms with Crippen molar-refractivity contribution in [3.8, 4) is 5.75 Å². The topological polar surface area (TPSA) is 64.3 Å². The summed E-state index contributed by atoms with van der Waals surface area (Å²) in [5.41, 5.74) is 6.99. The highest BCUT2D eigenvalue weighted by atomic mass is 35.5. The van der Waals surface area contributed by atoms with Crippen LogP contribution in [0.5, 0.6) is 5.75 Å². The standard InChI is InChI=1S/C18H21ClN2O2.ClH/c19-16-7-3-5-14(11-16)13-23-17-8-4-6-15(12-17)18(22)21-10-2-1-9-20;/h3-8,11-12H,1-2,9-10,13,20H2,(H,21,22);1H. The normalized spacial score (nSPS) is 9.92. The maximum Gasteiger partial charge on any atom is 0.251 e. The Morgan fingerprint density at radius 2 is 1.92 bits per heavy atom. The third kappa shape index (κ3) is 6.79. The SMILES string of the molecule is Cl.NCCCCNC(=O)c1cccc(OCc2cccc(Cl)c2)c1. The van der Waals surface area contributed by atoms with Gasteiger partial charge in [-0.3, -0.25) is 4.79 Å². The largest absolute Gasteiger partial charge is 0.489 e. The lowest BCUT2D eigenvalue weighted by atomic mass is 10.2. The van der Waals surface area contributed by atoms with E-state index in [-0.39, 0.29) is 18.3 Å². The molecule has 2 aromatic carbocycles. The van der Waals surface area contributed by atoms with Crippen molar-refractivity contribution in [3.63, 3.8) is 0 Å². The van der Waals surface area contributed by atoms with Crippen molar-refractivity contribution in [2.45, 2.75) is 19.4 Å². The number of carbonyl (C=O) groups excluding carboxylic acids is 1. The second kappa shape index (κ2) is 10.9. The number of rotatable bonds is 8. The van der Waals surface area contributed by atoms with Crippen LogP contribution < -0.4 is 15.8 Å². The summed E-state index contributed by atoms with van der Waals surface area (Å²) >= 11 is 5.95. The van der Waals surface area contributed by atoms with Crippen LogP contribution in [-0.2, 0) is 6.61 Å².